The molecule has 0 spiro atoms. The Labute approximate surface area is 109 Å². The van der Waals surface area contributed by atoms with E-state index < -0.39 is 28.0 Å². The summed E-state index contributed by atoms with van der Waals surface area (Å²) < 4.78 is 18.6. The number of unbranched alkanes of at least 4 members (excludes halogenated alkanes) is 2. The number of aromatic carboxylic acids is 1. The summed E-state index contributed by atoms with van der Waals surface area (Å²) in [5.74, 6) is -2.71. The molecular formula is C12H14FNO5. The first-order valence-corrected chi connectivity index (χ1v) is 5.81. The number of carboxylic acid groups (broad SMARTS) is 1. The van der Waals surface area contributed by atoms with Crippen molar-refractivity contribution in [3.63, 3.8) is 0 Å². The normalized spacial score (nSPS) is 10.2. The molecule has 1 rings (SSSR count). The number of carbonyl (C=O) groups is 1. The van der Waals surface area contributed by atoms with E-state index in [-0.39, 0.29) is 12.4 Å². The summed E-state index contributed by atoms with van der Waals surface area (Å²) in [7, 11) is 0. The number of hydrogen-bond donors (Lipinski definition) is 1. The van der Waals surface area contributed by atoms with Gasteiger partial charge >= 0.3 is 5.97 Å². The first-order valence-electron chi connectivity index (χ1n) is 5.81. The number of nitrogens with zero attached hydrogens (tertiary/aromatic N) is 1. The number of benzene rings is 1. The van der Waals surface area contributed by atoms with Gasteiger partial charge in [0.15, 0.2) is 11.6 Å². The average molecular weight is 271 g/mol. The van der Waals surface area contributed by atoms with E-state index in [4.69, 9.17) is 9.84 Å². The maximum Gasteiger partial charge on any atom is 0.342 e. The zero-order valence-corrected chi connectivity index (χ0v) is 10.4. The Morgan fingerprint density at radius 1 is 1.47 bits per heavy atom. The van der Waals surface area contributed by atoms with Crippen molar-refractivity contribution in [3.05, 3.63) is 33.6 Å². The molecule has 0 saturated carbocycles. The second kappa shape index (κ2) is 6.67. The Bertz CT molecular complexity index is 489. The van der Waals surface area contributed by atoms with Crippen molar-refractivity contribution in [2.75, 3.05) is 6.61 Å². The quantitative estimate of drug-likeness (QED) is 0.467. The van der Waals surface area contributed by atoms with E-state index in [2.05, 4.69) is 0 Å². The predicted molar refractivity (Wildman–Crippen MR) is 65.0 cm³/mol. The van der Waals surface area contributed by atoms with E-state index in [1.807, 2.05) is 6.92 Å². The highest BCUT2D eigenvalue weighted by atomic mass is 19.1. The van der Waals surface area contributed by atoms with Gasteiger partial charge < -0.3 is 9.84 Å². The van der Waals surface area contributed by atoms with Crippen molar-refractivity contribution in [1.82, 2.24) is 0 Å². The van der Waals surface area contributed by atoms with Crippen LogP contribution in [0.1, 0.15) is 36.5 Å². The molecule has 19 heavy (non-hydrogen) atoms. The van der Waals surface area contributed by atoms with Gasteiger partial charge in [-0.15, -0.1) is 0 Å². The van der Waals surface area contributed by atoms with E-state index in [1.54, 1.807) is 0 Å². The highest BCUT2D eigenvalue weighted by molar-refractivity contribution is 5.92. The van der Waals surface area contributed by atoms with Crippen LogP contribution < -0.4 is 4.74 Å². The third kappa shape index (κ3) is 3.90. The van der Waals surface area contributed by atoms with Gasteiger partial charge in [-0.1, -0.05) is 19.8 Å². The minimum Gasteiger partial charge on any atom is -0.490 e. The lowest BCUT2D eigenvalue weighted by Crippen LogP contribution is -2.06. The molecule has 6 nitrogen and oxygen atoms in total. The van der Waals surface area contributed by atoms with Crippen LogP contribution in [0.25, 0.3) is 0 Å². The van der Waals surface area contributed by atoms with E-state index in [1.165, 1.54) is 0 Å². The van der Waals surface area contributed by atoms with Crippen LogP contribution in [-0.2, 0) is 0 Å². The average Bonchev–Trinajstić information content (AvgIpc) is 2.35. The maximum absolute atomic E-state index is 13.5. The fraction of sp³-hybridized carbons (Fsp3) is 0.417. The summed E-state index contributed by atoms with van der Waals surface area (Å²) in [6.45, 7) is 2.23. The van der Waals surface area contributed by atoms with Crippen molar-refractivity contribution < 1.29 is 24.0 Å². The van der Waals surface area contributed by atoms with E-state index >= 15 is 0 Å². The van der Waals surface area contributed by atoms with Gasteiger partial charge in [0.2, 0.25) is 0 Å². The Kier molecular flexibility index (Phi) is 5.23. The number of hydrogen-bond acceptors (Lipinski definition) is 4. The molecule has 1 aromatic rings. The summed E-state index contributed by atoms with van der Waals surface area (Å²) in [5.41, 5.74) is -1.37. The first kappa shape index (κ1) is 14.9. The van der Waals surface area contributed by atoms with Crippen LogP contribution in [0.5, 0.6) is 5.75 Å². The number of nitro benzene ring substituents is 1. The van der Waals surface area contributed by atoms with E-state index in [0.29, 0.717) is 12.5 Å². The Morgan fingerprint density at radius 2 is 2.16 bits per heavy atom. The molecule has 1 aromatic carbocycles. The van der Waals surface area contributed by atoms with Crippen molar-refractivity contribution in [2.45, 2.75) is 26.2 Å². The molecule has 0 amide bonds. The number of rotatable bonds is 7. The SMILES string of the molecule is CCCCCOc1cc(C(=O)O)c([N+](=O)[O-])cc1F. The summed E-state index contributed by atoms with van der Waals surface area (Å²) in [4.78, 5) is 20.6. The molecule has 0 aliphatic carbocycles. The minimum absolute atomic E-state index is 0.238. The fourth-order valence-electron chi connectivity index (χ4n) is 1.51. The van der Waals surface area contributed by atoms with Crippen molar-refractivity contribution in [3.8, 4) is 5.75 Å². The lowest BCUT2D eigenvalue weighted by atomic mass is 10.1. The molecule has 0 aromatic heterocycles. The summed E-state index contributed by atoms with van der Waals surface area (Å²) in [5, 5.41) is 19.5. The Hall–Kier alpha value is -2.18. The first-order chi connectivity index (χ1) is 8.97. The molecule has 104 valence electrons. The lowest BCUT2D eigenvalue weighted by Gasteiger charge is -2.08. The van der Waals surface area contributed by atoms with Crippen LogP contribution in [0.4, 0.5) is 10.1 Å². The zero-order chi connectivity index (χ0) is 14.4. The standard InChI is InChI=1S/C12H14FNO5/c1-2-3-4-5-19-11-6-8(12(15)16)10(14(17)18)7-9(11)13/h6-7H,2-5H2,1H3,(H,15,16). The van der Waals surface area contributed by atoms with Crippen molar-refractivity contribution >= 4 is 11.7 Å². The zero-order valence-electron chi connectivity index (χ0n) is 10.4. The van der Waals surface area contributed by atoms with Crippen LogP contribution in [0.3, 0.4) is 0 Å². The van der Waals surface area contributed by atoms with Gasteiger partial charge in [0.1, 0.15) is 5.56 Å². The molecule has 0 unspecified atom stereocenters. The Morgan fingerprint density at radius 3 is 2.68 bits per heavy atom. The second-order valence-electron chi connectivity index (χ2n) is 3.92. The van der Waals surface area contributed by atoms with Crippen LogP contribution in [0.2, 0.25) is 0 Å². The summed E-state index contributed by atoms with van der Waals surface area (Å²) in [6, 6.07) is 1.42. The van der Waals surface area contributed by atoms with Gasteiger partial charge in [0, 0.05) is 6.07 Å². The minimum atomic E-state index is -1.50. The summed E-state index contributed by atoms with van der Waals surface area (Å²) in [6.07, 6.45) is 2.57. The van der Waals surface area contributed by atoms with Crippen LogP contribution in [0, 0.1) is 15.9 Å². The van der Waals surface area contributed by atoms with Gasteiger partial charge in [0.05, 0.1) is 17.6 Å². The number of ether oxygens (including phenoxy) is 1. The Balaban J connectivity index is 2.97. The van der Waals surface area contributed by atoms with Gasteiger partial charge in [-0.05, 0) is 6.42 Å². The van der Waals surface area contributed by atoms with Crippen LogP contribution in [-0.4, -0.2) is 22.6 Å². The van der Waals surface area contributed by atoms with Gasteiger partial charge in [-0.2, -0.15) is 0 Å². The molecule has 0 aliphatic rings. The van der Waals surface area contributed by atoms with Crippen molar-refractivity contribution in [2.24, 2.45) is 0 Å². The highest BCUT2D eigenvalue weighted by Crippen LogP contribution is 2.27. The molecule has 1 N–H and O–H groups in total. The molecule has 0 saturated heterocycles. The smallest absolute Gasteiger partial charge is 0.342 e. The summed E-state index contributed by atoms with van der Waals surface area (Å²) >= 11 is 0. The van der Waals surface area contributed by atoms with Gasteiger partial charge in [-0.3, -0.25) is 10.1 Å². The number of nitro groups is 1. The number of halogens is 1. The topological polar surface area (TPSA) is 89.7 Å². The molecule has 0 radical (unpaired) electrons. The van der Waals surface area contributed by atoms with Crippen molar-refractivity contribution in [1.29, 1.82) is 0 Å². The van der Waals surface area contributed by atoms with E-state index in [9.17, 15) is 19.3 Å². The highest BCUT2D eigenvalue weighted by Gasteiger charge is 2.23. The third-order valence-electron chi connectivity index (χ3n) is 2.48. The third-order valence-corrected chi connectivity index (χ3v) is 2.48. The molecule has 0 bridgehead atoms. The maximum atomic E-state index is 13.5. The van der Waals surface area contributed by atoms with Gasteiger partial charge in [0.25, 0.3) is 5.69 Å². The molecule has 0 fully saturated rings. The second-order valence-corrected chi connectivity index (χ2v) is 3.92. The largest absolute Gasteiger partial charge is 0.490 e. The molecule has 0 aliphatic heterocycles. The van der Waals surface area contributed by atoms with Crippen LogP contribution in [0.15, 0.2) is 12.1 Å². The molecule has 0 heterocycles. The fourth-order valence-corrected chi connectivity index (χ4v) is 1.51. The molecule has 7 heteroatoms. The monoisotopic (exact) mass is 271 g/mol. The van der Waals surface area contributed by atoms with E-state index in [0.717, 1.165) is 18.9 Å². The van der Waals surface area contributed by atoms with Crippen LogP contribution >= 0.6 is 0 Å². The predicted octanol–water partition coefficient (Wildman–Crippen LogP) is 3.00. The van der Waals surface area contributed by atoms with Gasteiger partial charge in [-0.25, -0.2) is 9.18 Å². The molecule has 0 atom stereocenters. The lowest BCUT2D eigenvalue weighted by molar-refractivity contribution is -0.385. The number of carboxylic acids is 1. The molecular weight excluding hydrogens is 257 g/mol.